The van der Waals surface area contributed by atoms with Gasteiger partial charge >= 0.3 is 5.97 Å². The van der Waals surface area contributed by atoms with Gasteiger partial charge in [-0.05, 0) is 32.9 Å². The predicted molar refractivity (Wildman–Crippen MR) is 100 cm³/mol. The summed E-state index contributed by atoms with van der Waals surface area (Å²) in [7, 11) is 0. The molecule has 1 aromatic carbocycles. The van der Waals surface area contributed by atoms with Crippen molar-refractivity contribution in [1.29, 1.82) is 0 Å². The number of amides is 1. The molecule has 7 heteroatoms. The summed E-state index contributed by atoms with van der Waals surface area (Å²) in [4.78, 5) is 30.8. The molecule has 0 aliphatic carbocycles. The average Bonchev–Trinajstić information content (AvgIpc) is 3.01. The maximum atomic E-state index is 12.5. The lowest BCUT2D eigenvalue weighted by Gasteiger charge is -2.36. The number of thiazole rings is 1. The first kappa shape index (κ1) is 18.8. The lowest BCUT2D eigenvalue weighted by atomic mass is 10.2. The van der Waals surface area contributed by atoms with Crippen molar-refractivity contribution < 1.29 is 19.1 Å². The Kier molecular flexibility index (Phi) is 5.88. The largest absolute Gasteiger partial charge is 0.453 e. The highest BCUT2D eigenvalue weighted by molar-refractivity contribution is 7.18. The van der Waals surface area contributed by atoms with Gasteiger partial charge in [-0.1, -0.05) is 12.1 Å². The van der Waals surface area contributed by atoms with Crippen LogP contribution in [0.5, 0.6) is 0 Å². The van der Waals surface area contributed by atoms with Gasteiger partial charge in [0, 0.05) is 19.5 Å². The Labute approximate surface area is 157 Å². The lowest BCUT2D eigenvalue weighted by molar-refractivity contribution is -0.164. The molecule has 1 aromatic heterocycles. The van der Waals surface area contributed by atoms with Gasteiger partial charge in [0.25, 0.3) is 5.91 Å². The number of carbonyl (C=O) groups excluding carboxylic acids is 2. The number of rotatable bonds is 5. The number of aryl methyl sites for hydroxylation is 1. The first-order valence-corrected chi connectivity index (χ1v) is 9.72. The number of fused-ring (bicyclic) bond motifs is 1. The van der Waals surface area contributed by atoms with E-state index in [0.29, 0.717) is 19.5 Å². The third-order valence-corrected chi connectivity index (χ3v) is 5.36. The molecule has 1 fully saturated rings. The molecule has 0 radical (unpaired) electrons. The molecule has 1 aliphatic heterocycles. The summed E-state index contributed by atoms with van der Waals surface area (Å²) >= 11 is 1.58. The average molecular weight is 376 g/mol. The summed E-state index contributed by atoms with van der Waals surface area (Å²) < 4.78 is 12.1. The molecule has 3 rings (SSSR count). The highest BCUT2D eigenvalue weighted by atomic mass is 32.1. The van der Waals surface area contributed by atoms with Crippen LogP contribution < -0.4 is 0 Å². The zero-order valence-corrected chi connectivity index (χ0v) is 16.1. The maximum Gasteiger partial charge on any atom is 0.306 e. The minimum Gasteiger partial charge on any atom is -0.453 e. The summed E-state index contributed by atoms with van der Waals surface area (Å²) in [5.74, 6) is -0.542. The second-order valence-electron chi connectivity index (χ2n) is 6.71. The van der Waals surface area contributed by atoms with Crippen molar-refractivity contribution in [1.82, 2.24) is 9.88 Å². The van der Waals surface area contributed by atoms with E-state index in [9.17, 15) is 9.59 Å². The first-order valence-electron chi connectivity index (χ1n) is 8.90. The molecule has 0 bridgehead atoms. The van der Waals surface area contributed by atoms with Crippen LogP contribution in [0.3, 0.4) is 0 Å². The molecule has 1 saturated heterocycles. The number of benzene rings is 1. The molecule has 2 heterocycles. The van der Waals surface area contributed by atoms with Crippen molar-refractivity contribution in [2.75, 3.05) is 13.1 Å². The standard InChI is InChI=1S/C19H24N2O4S/c1-12-10-21(11-13(2)24-12)19(23)14(3)25-18(22)9-8-17-20-15-6-4-5-7-16(15)26-17/h4-7,12-14H,8-11H2,1-3H3/t12-,13+,14-/m1/s1. The topological polar surface area (TPSA) is 68.7 Å². The number of nitrogens with zero attached hydrogens (tertiary/aromatic N) is 2. The number of ether oxygens (including phenoxy) is 2. The minimum atomic E-state index is -0.782. The molecular weight excluding hydrogens is 352 g/mol. The van der Waals surface area contributed by atoms with Crippen molar-refractivity contribution in [3.63, 3.8) is 0 Å². The summed E-state index contributed by atoms with van der Waals surface area (Å²) in [6.45, 7) is 6.55. The van der Waals surface area contributed by atoms with Gasteiger partial charge in [0.15, 0.2) is 6.10 Å². The molecule has 1 amide bonds. The molecule has 0 unspecified atom stereocenters. The van der Waals surface area contributed by atoms with E-state index in [1.165, 1.54) is 0 Å². The Balaban J connectivity index is 1.49. The van der Waals surface area contributed by atoms with Crippen molar-refractivity contribution in [2.45, 2.75) is 51.9 Å². The molecule has 0 saturated carbocycles. The maximum absolute atomic E-state index is 12.5. The van der Waals surface area contributed by atoms with Crippen LogP contribution in [0, 0.1) is 0 Å². The number of para-hydroxylation sites is 1. The van der Waals surface area contributed by atoms with Crippen LogP contribution in [0.1, 0.15) is 32.2 Å². The summed E-state index contributed by atoms with van der Waals surface area (Å²) in [5.41, 5.74) is 0.944. The van der Waals surface area contributed by atoms with Gasteiger partial charge in [-0.25, -0.2) is 4.98 Å². The molecule has 2 aromatic rings. The van der Waals surface area contributed by atoms with E-state index in [2.05, 4.69) is 4.98 Å². The molecule has 1 aliphatic rings. The van der Waals surface area contributed by atoms with E-state index < -0.39 is 6.10 Å². The van der Waals surface area contributed by atoms with Gasteiger partial charge in [-0.2, -0.15) is 0 Å². The number of aromatic nitrogens is 1. The zero-order chi connectivity index (χ0) is 18.7. The highest BCUT2D eigenvalue weighted by Gasteiger charge is 2.30. The van der Waals surface area contributed by atoms with Crippen LogP contribution in [-0.4, -0.2) is 53.2 Å². The van der Waals surface area contributed by atoms with Crippen LogP contribution in [-0.2, 0) is 25.5 Å². The Hall–Kier alpha value is -1.99. The molecule has 26 heavy (non-hydrogen) atoms. The third kappa shape index (κ3) is 4.59. The Morgan fingerprint density at radius 1 is 1.31 bits per heavy atom. The number of hydrogen-bond acceptors (Lipinski definition) is 6. The smallest absolute Gasteiger partial charge is 0.306 e. The van der Waals surface area contributed by atoms with Crippen LogP contribution in [0.25, 0.3) is 10.2 Å². The van der Waals surface area contributed by atoms with E-state index in [1.54, 1.807) is 23.2 Å². The molecule has 140 valence electrons. The summed E-state index contributed by atoms with van der Waals surface area (Å²) in [5, 5.41) is 0.901. The normalized spacial score (nSPS) is 21.6. The predicted octanol–water partition coefficient (Wildman–Crippen LogP) is 2.80. The fourth-order valence-electron chi connectivity index (χ4n) is 3.16. The highest BCUT2D eigenvalue weighted by Crippen LogP contribution is 2.22. The molecule has 0 N–H and O–H groups in total. The number of hydrogen-bond donors (Lipinski definition) is 0. The zero-order valence-electron chi connectivity index (χ0n) is 15.3. The van der Waals surface area contributed by atoms with Crippen LogP contribution >= 0.6 is 11.3 Å². The van der Waals surface area contributed by atoms with Gasteiger partial charge in [0.05, 0.1) is 33.9 Å². The number of esters is 1. The number of carbonyl (C=O) groups is 2. The lowest BCUT2D eigenvalue weighted by Crippen LogP contribution is -2.51. The fourth-order valence-corrected chi connectivity index (χ4v) is 4.12. The Morgan fingerprint density at radius 2 is 2.00 bits per heavy atom. The molecule has 6 nitrogen and oxygen atoms in total. The van der Waals surface area contributed by atoms with Gasteiger partial charge in [-0.3, -0.25) is 9.59 Å². The number of morpholine rings is 1. The molecule has 3 atom stereocenters. The van der Waals surface area contributed by atoms with Crippen LogP contribution in [0.4, 0.5) is 0 Å². The Bertz CT molecular complexity index is 748. The van der Waals surface area contributed by atoms with Gasteiger partial charge in [0.2, 0.25) is 0 Å². The van der Waals surface area contributed by atoms with Gasteiger partial charge in [-0.15, -0.1) is 11.3 Å². The summed E-state index contributed by atoms with van der Waals surface area (Å²) in [6, 6.07) is 7.89. The first-order chi connectivity index (χ1) is 12.4. The SMILES string of the molecule is C[C@@H]1CN(C(=O)[C@@H](C)OC(=O)CCc2nc3ccccc3s2)C[C@H](C)O1. The van der Waals surface area contributed by atoms with E-state index in [-0.39, 0.29) is 30.5 Å². The van der Waals surface area contributed by atoms with Crippen molar-refractivity contribution in [3.05, 3.63) is 29.3 Å². The van der Waals surface area contributed by atoms with E-state index in [1.807, 2.05) is 38.1 Å². The van der Waals surface area contributed by atoms with Gasteiger partial charge < -0.3 is 14.4 Å². The van der Waals surface area contributed by atoms with Crippen molar-refractivity contribution in [2.24, 2.45) is 0 Å². The monoisotopic (exact) mass is 376 g/mol. The summed E-state index contributed by atoms with van der Waals surface area (Å²) in [6.07, 6.45) is -0.0671. The van der Waals surface area contributed by atoms with Crippen molar-refractivity contribution in [3.8, 4) is 0 Å². The van der Waals surface area contributed by atoms with Crippen molar-refractivity contribution >= 4 is 33.4 Å². The molecular formula is C19H24N2O4S. The second kappa shape index (κ2) is 8.14. The fraction of sp³-hybridized carbons (Fsp3) is 0.526. The van der Waals surface area contributed by atoms with Crippen LogP contribution in [0.2, 0.25) is 0 Å². The van der Waals surface area contributed by atoms with E-state index >= 15 is 0 Å². The Morgan fingerprint density at radius 3 is 2.69 bits per heavy atom. The minimum absolute atomic E-state index is 0.00960. The third-order valence-electron chi connectivity index (χ3n) is 4.27. The van der Waals surface area contributed by atoms with E-state index in [4.69, 9.17) is 9.47 Å². The quantitative estimate of drug-likeness (QED) is 0.751. The van der Waals surface area contributed by atoms with Gasteiger partial charge in [0.1, 0.15) is 0 Å². The van der Waals surface area contributed by atoms with Crippen LogP contribution in [0.15, 0.2) is 24.3 Å². The molecule has 0 spiro atoms. The van der Waals surface area contributed by atoms with E-state index in [0.717, 1.165) is 15.2 Å². The second-order valence-corrected chi connectivity index (χ2v) is 7.82.